The predicted molar refractivity (Wildman–Crippen MR) is 62.6 cm³/mol. The number of benzene rings is 1. The molecule has 0 saturated heterocycles. The Hall–Kier alpha value is -2.16. The molecule has 0 bridgehead atoms. The van der Waals surface area contributed by atoms with Crippen LogP contribution in [0.25, 0.3) is 11.3 Å². The number of hydrogen-bond acceptors (Lipinski definition) is 2. The molecule has 0 radical (unpaired) electrons. The summed E-state index contributed by atoms with van der Waals surface area (Å²) in [4.78, 5) is 15.2. The van der Waals surface area contributed by atoms with Crippen molar-refractivity contribution in [3.05, 3.63) is 54.2 Å². The van der Waals surface area contributed by atoms with E-state index in [0.29, 0.717) is 0 Å². The van der Waals surface area contributed by atoms with Crippen LogP contribution in [-0.4, -0.2) is 10.9 Å². The van der Waals surface area contributed by atoms with Gasteiger partial charge >= 0.3 is 0 Å². The maximum atomic E-state index is 11.0. The van der Waals surface area contributed by atoms with E-state index in [2.05, 4.69) is 4.98 Å². The zero-order valence-electron chi connectivity index (χ0n) is 8.76. The summed E-state index contributed by atoms with van der Waals surface area (Å²) in [7, 11) is 0. The van der Waals surface area contributed by atoms with E-state index < -0.39 is 0 Å². The Balaban J connectivity index is 2.44. The van der Waals surface area contributed by atoms with Crippen molar-refractivity contribution in [3.63, 3.8) is 0 Å². The van der Waals surface area contributed by atoms with Crippen LogP contribution in [0.1, 0.15) is 5.56 Å². The van der Waals surface area contributed by atoms with Crippen LogP contribution in [0, 0.1) is 0 Å². The van der Waals surface area contributed by atoms with Gasteiger partial charge in [-0.15, -0.1) is 0 Å². The summed E-state index contributed by atoms with van der Waals surface area (Å²) < 4.78 is 0. The Morgan fingerprint density at radius 2 is 1.88 bits per heavy atom. The van der Waals surface area contributed by atoms with Crippen molar-refractivity contribution in [2.24, 2.45) is 5.73 Å². The van der Waals surface area contributed by atoms with E-state index in [1.54, 1.807) is 6.20 Å². The lowest BCUT2D eigenvalue weighted by atomic mass is 10.0. The number of amides is 1. The number of nitrogens with zero attached hydrogens (tertiary/aromatic N) is 1. The zero-order valence-corrected chi connectivity index (χ0v) is 8.76. The minimum absolute atomic E-state index is 0.243. The molecular weight excluding hydrogens is 200 g/mol. The summed E-state index contributed by atoms with van der Waals surface area (Å²) in [6.07, 6.45) is 1.98. The van der Waals surface area contributed by atoms with E-state index in [0.717, 1.165) is 16.8 Å². The number of primary amides is 1. The summed E-state index contributed by atoms with van der Waals surface area (Å²) in [5.74, 6) is -0.330. The highest BCUT2D eigenvalue weighted by Gasteiger charge is 2.07. The minimum Gasteiger partial charge on any atom is -0.369 e. The highest BCUT2D eigenvalue weighted by atomic mass is 16.1. The topological polar surface area (TPSA) is 56.0 Å². The van der Waals surface area contributed by atoms with Crippen molar-refractivity contribution in [2.75, 3.05) is 0 Å². The molecule has 0 saturated carbocycles. The molecule has 0 aliphatic rings. The molecule has 2 rings (SSSR count). The molecule has 0 fully saturated rings. The second kappa shape index (κ2) is 4.57. The molecular formula is C13H12N2O. The summed E-state index contributed by atoms with van der Waals surface area (Å²) in [5, 5.41) is 0. The fourth-order valence-electron chi connectivity index (χ4n) is 1.63. The molecule has 1 amide bonds. The largest absolute Gasteiger partial charge is 0.369 e. The first kappa shape index (κ1) is 10.4. The number of carbonyl (C=O) groups is 1. The van der Waals surface area contributed by atoms with Crippen LogP contribution < -0.4 is 5.73 Å². The molecule has 1 heterocycles. The lowest BCUT2D eigenvalue weighted by Crippen LogP contribution is -2.14. The molecule has 2 N–H and O–H groups in total. The van der Waals surface area contributed by atoms with Crippen molar-refractivity contribution in [3.8, 4) is 11.3 Å². The molecule has 3 nitrogen and oxygen atoms in total. The first-order valence-corrected chi connectivity index (χ1v) is 5.05. The van der Waals surface area contributed by atoms with Crippen molar-refractivity contribution >= 4 is 5.91 Å². The van der Waals surface area contributed by atoms with E-state index in [4.69, 9.17) is 5.73 Å². The number of carbonyl (C=O) groups excluding carboxylic acids is 1. The zero-order chi connectivity index (χ0) is 11.4. The third-order valence-corrected chi connectivity index (χ3v) is 2.32. The molecule has 0 atom stereocenters. The third-order valence-electron chi connectivity index (χ3n) is 2.32. The molecule has 1 aromatic heterocycles. The van der Waals surface area contributed by atoms with Crippen LogP contribution in [-0.2, 0) is 11.2 Å². The van der Waals surface area contributed by atoms with Gasteiger partial charge in [-0.3, -0.25) is 9.78 Å². The smallest absolute Gasteiger partial charge is 0.221 e. The van der Waals surface area contributed by atoms with Crippen molar-refractivity contribution in [1.29, 1.82) is 0 Å². The number of nitrogens with two attached hydrogens (primary N) is 1. The van der Waals surface area contributed by atoms with E-state index in [1.165, 1.54) is 0 Å². The van der Waals surface area contributed by atoms with E-state index >= 15 is 0 Å². The Kier molecular flexibility index (Phi) is 2.96. The Labute approximate surface area is 93.9 Å². The molecule has 0 unspecified atom stereocenters. The second-order valence-corrected chi connectivity index (χ2v) is 3.52. The van der Waals surface area contributed by atoms with Crippen LogP contribution in [0.15, 0.2) is 48.7 Å². The maximum absolute atomic E-state index is 11.0. The molecule has 80 valence electrons. The number of aromatic nitrogens is 1. The third kappa shape index (κ3) is 2.25. The maximum Gasteiger partial charge on any atom is 0.221 e. The lowest BCUT2D eigenvalue weighted by molar-refractivity contribution is -0.117. The SMILES string of the molecule is NC(=O)Cc1ccccc1-c1ccccn1. The summed E-state index contributed by atoms with van der Waals surface area (Å²) in [5.41, 5.74) is 7.94. The van der Waals surface area contributed by atoms with Gasteiger partial charge in [0.25, 0.3) is 0 Å². The van der Waals surface area contributed by atoms with Crippen LogP contribution in [0.5, 0.6) is 0 Å². The quantitative estimate of drug-likeness (QED) is 0.843. The van der Waals surface area contributed by atoms with E-state index in [-0.39, 0.29) is 12.3 Å². The summed E-state index contributed by atoms with van der Waals surface area (Å²) in [6.45, 7) is 0. The van der Waals surface area contributed by atoms with Gasteiger partial charge in [-0.25, -0.2) is 0 Å². The Morgan fingerprint density at radius 1 is 1.12 bits per heavy atom. The van der Waals surface area contributed by atoms with E-state index in [1.807, 2.05) is 42.5 Å². The monoisotopic (exact) mass is 212 g/mol. The van der Waals surface area contributed by atoms with Gasteiger partial charge in [-0.1, -0.05) is 30.3 Å². The van der Waals surface area contributed by atoms with Gasteiger partial charge < -0.3 is 5.73 Å². The van der Waals surface area contributed by atoms with Crippen LogP contribution in [0.4, 0.5) is 0 Å². The van der Waals surface area contributed by atoms with Crippen molar-refractivity contribution in [2.45, 2.75) is 6.42 Å². The van der Waals surface area contributed by atoms with Gasteiger partial charge in [0, 0.05) is 11.8 Å². The molecule has 16 heavy (non-hydrogen) atoms. The minimum atomic E-state index is -0.330. The molecule has 2 aromatic rings. The lowest BCUT2D eigenvalue weighted by Gasteiger charge is -2.06. The van der Waals surface area contributed by atoms with Crippen molar-refractivity contribution in [1.82, 2.24) is 4.98 Å². The highest BCUT2D eigenvalue weighted by molar-refractivity contribution is 5.79. The molecule has 3 heteroatoms. The summed E-state index contributed by atoms with van der Waals surface area (Å²) >= 11 is 0. The van der Waals surface area contributed by atoms with Gasteiger partial charge in [0.2, 0.25) is 5.91 Å². The molecule has 0 aliphatic heterocycles. The fraction of sp³-hybridized carbons (Fsp3) is 0.0769. The Morgan fingerprint density at radius 3 is 2.56 bits per heavy atom. The number of rotatable bonds is 3. The van der Waals surface area contributed by atoms with Crippen LogP contribution in [0.3, 0.4) is 0 Å². The average Bonchev–Trinajstić information content (AvgIpc) is 2.30. The van der Waals surface area contributed by atoms with Gasteiger partial charge in [0.15, 0.2) is 0 Å². The number of pyridine rings is 1. The molecule has 0 spiro atoms. The Bertz CT molecular complexity index is 494. The average molecular weight is 212 g/mol. The van der Waals surface area contributed by atoms with Crippen molar-refractivity contribution < 1.29 is 4.79 Å². The number of hydrogen-bond donors (Lipinski definition) is 1. The molecule has 1 aromatic carbocycles. The van der Waals surface area contributed by atoms with Gasteiger partial charge in [-0.05, 0) is 17.7 Å². The first-order valence-electron chi connectivity index (χ1n) is 5.05. The fourth-order valence-corrected chi connectivity index (χ4v) is 1.63. The van der Waals surface area contributed by atoms with Gasteiger partial charge in [0.1, 0.15) is 0 Å². The highest BCUT2D eigenvalue weighted by Crippen LogP contribution is 2.21. The predicted octanol–water partition coefficient (Wildman–Crippen LogP) is 1.78. The summed E-state index contributed by atoms with van der Waals surface area (Å²) in [6, 6.07) is 13.4. The van der Waals surface area contributed by atoms with E-state index in [9.17, 15) is 4.79 Å². The molecule has 0 aliphatic carbocycles. The van der Waals surface area contributed by atoms with Crippen LogP contribution in [0.2, 0.25) is 0 Å². The second-order valence-electron chi connectivity index (χ2n) is 3.52. The van der Waals surface area contributed by atoms with Crippen LogP contribution >= 0.6 is 0 Å². The normalized spacial score (nSPS) is 10.0. The van der Waals surface area contributed by atoms with Gasteiger partial charge in [-0.2, -0.15) is 0 Å². The van der Waals surface area contributed by atoms with Gasteiger partial charge in [0.05, 0.1) is 12.1 Å². The standard InChI is InChI=1S/C13H12N2O/c14-13(16)9-10-5-1-2-6-11(10)12-7-3-4-8-15-12/h1-8H,9H2,(H2,14,16). The first-order chi connectivity index (χ1) is 7.77.